The van der Waals surface area contributed by atoms with Gasteiger partial charge in [-0.3, -0.25) is 9.59 Å². The fourth-order valence-electron chi connectivity index (χ4n) is 3.73. The summed E-state index contributed by atoms with van der Waals surface area (Å²) in [7, 11) is 0. The van der Waals surface area contributed by atoms with Crippen LogP contribution in [0.2, 0.25) is 5.02 Å². The Morgan fingerprint density at radius 1 is 0.972 bits per heavy atom. The average Bonchev–Trinajstić information content (AvgIpc) is 2.88. The zero-order valence-corrected chi connectivity index (χ0v) is 22.2. The van der Waals surface area contributed by atoms with Crippen LogP contribution in [0.3, 0.4) is 0 Å². The van der Waals surface area contributed by atoms with Gasteiger partial charge in [-0.25, -0.2) is 4.39 Å². The van der Waals surface area contributed by atoms with Gasteiger partial charge in [-0.2, -0.15) is 0 Å². The second kappa shape index (κ2) is 14.0. The van der Waals surface area contributed by atoms with Gasteiger partial charge in [0.25, 0.3) is 0 Å². The van der Waals surface area contributed by atoms with Crippen LogP contribution in [-0.4, -0.2) is 34.6 Å². The normalized spacial score (nSPS) is 12.6. The Labute approximate surface area is 222 Å². The first-order valence-electron chi connectivity index (χ1n) is 12.1. The van der Waals surface area contributed by atoms with Gasteiger partial charge in [-0.1, -0.05) is 79.2 Å². The van der Waals surface area contributed by atoms with E-state index in [4.69, 9.17) is 11.6 Å². The number of thioether (sulfide) groups is 1. The lowest BCUT2D eigenvalue weighted by atomic mass is 10.0. The van der Waals surface area contributed by atoms with Gasteiger partial charge in [0.05, 0.1) is 5.75 Å². The number of benzene rings is 3. The molecular weight excluding hydrogens is 495 g/mol. The van der Waals surface area contributed by atoms with E-state index >= 15 is 0 Å². The van der Waals surface area contributed by atoms with Crippen LogP contribution in [0.5, 0.6) is 0 Å². The zero-order valence-electron chi connectivity index (χ0n) is 20.6. The lowest BCUT2D eigenvalue weighted by Crippen LogP contribution is -2.52. The molecule has 0 saturated carbocycles. The van der Waals surface area contributed by atoms with E-state index in [0.717, 1.165) is 17.5 Å². The Hall–Kier alpha value is -2.83. The third kappa shape index (κ3) is 8.38. The second-order valence-corrected chi connectivity index (χ2v) is 10.2. The molecule has 2 atom stereocenters. The van der Waals surface area contributed by atoms with Crippen molar-refractivity contribution >= 4 is 35.2 Å². The molecule has 1 N–H and O–H groups in total. The highest BCUT2D eigenvalue weighted by atomic mass is 35.5. The van der Waals surface area contributed by atoms with Crippen molar-refractivity contribution in [2.24, 2.45) is 0 Å². The molecule has 4 nitrogen and oxygen atoms in total. The van der Waals surface area contributed by atoms with Crippen molar-refractivity contribution in [3.05, 3.63) is 106 Å². The van der Waals surface area contributed by atoms with Gasteiger partial charge in [-0.05, 0) is 48.2 Å². The largest absolute Gasteiger partial charge is 0.352 e. The van der Waals surface area contributed by atoms with Crippen LogP contribution in [-0.2, 0) is 28.3 Å². The van der Waals surface area contributed by atoms with Crippen LogP contribution >= 0.6 is 23.4 Å². The Balaban J connectivity index is 1.85. The molecule has 0 saturated heterocycles. The summed E-state index contributed by atoms with van der Waals surface area (Å²) in [4.78, 5) is 28.7. The number of rotatable bonds is 12. The van der Waals surface area contributed by atoms with Gasteiger partial charge in [0.1, 0.15) is 11.9 Å². The lowest BCUT2D eigenvalue weighted by molar-refractivity contribution is -0.139. The quantitative estimate of drug-likeness (QED) is 0.303. The number of hydrogen-bond donors (Lipinski definition) is 1. The minimum Gasteiger partial charge on any atom is -0.352 e. The van der Waals surface area contributed by atoms with E-state index < -0.39 is 6.04 Å². The predicted octanol–water partition coefficient (Wildman–Crippen LogP) is 6.27. The number of hydrogen-bond acceptors (Lipinski definition) is 3. The zero-order chi connectivity index (χ0) is 25.9. The van der Waals surface area contributed by atoms with E-state index in [2.05, 4.69) is 5.32 Å². The highest BCUT2D eigenvalue weighted by Crippen LogP contribution is 2.20. The van der Waals surface area contributed by atoms with E-state index in [-0.39, 0.29) is 36.0 Å². The molecule has 0 radical (unpaired) electrons. The Kier molecular flexibility index (Phi) is 10.8. The maximum Gasteiger partial charge on any atom is 0.243 e. The molecular formula is C29H32ClFN2O2S. The standard InChI is InChI=1S/C29H32ClFN2O2S/c1-3-21(2)32-29(35)27(17-22-9-5-4-6-10-22)33(18-23-13-15-25(30)16-14-23)28(34)20-36-19-24-11-7-8-12-26(24)31/h4-16,21,27H,3,17-20H2,1-2H3,(H,32,35)/t21-,27-/m0/s1. The van der Waals surface area contributed by atoms with Crippen molar-refractivity contribution in [1.82, 2.24) is 10.2 Å². The van der Waals surface area contributed by atoms with Gasteiger partial charge < -0.3 is 10.2 Å². The molecule has 0 unspecified atom stereocenters. The molecule has 2 amide bonds. The highest BCUT2D eigenvalue weighted by molar-refractivity contribution is 7.99. The maximum atomic E-state index is 14.1. The molecule has 0 heterocycles. The minimum absolute atomic E-state index is 0.0151. The second-order valence-electron chi connectivity index (χ2n) is 8.76. The maximum absolute atomic E-state index is 14.1. The van der Waals surface area contributed by atoms with Crippen molar-refractivity contribution in [3.63, 3.8) is 0 Å². The van der Waals surface area contributed by atoms with Crippen LogP contribution in [0, 0.1) is 5.82 Å². The molecule has 36 heavy (non-hydrogen) atoms. The summed E-state index contributed by atoms with van der Waals surface area (Å²) in [6.07, 6.45) is 1.17. The van der Waals surface area contributed by atoms with Crippen LogP contribution in [0.1, 0.15) is 37.0 Å². The number of nitrogens with zero attached hydrogens (tertiary/aromatic N) is 1. The smallest absolute Gasteiger partial charge is 0.243 e. The van der Waals surface area contributed by atoms with E-state index in [1.54, 1.807) is 35.2 Å². The lowest BCUT2D eigenvalue weighted by Gasteiger charge is -2.32. The van der Waals surface area contributed by atoms with E-state index in [1.165, 1.54) is 17.8 Å². The van der Waals surface area contributed by atoms with Gasteiger partial charge in [0, 0.05) is 29.8 Å². The average molecular weight is 527 g/mol. The molecule has 3 rings (SSSR count). The first-order valence-corrected chi connectivity index (χ1v) is 13.6. The van der Waals surface area contributed by atoms with Crippen molar-refractivity contribution in [2.45, 2.75) is 51.1 Å². The third-order valence-electron chi connectivity index (χ3n) is 5.98. The van der Waals surface area contributed by atoms with Crippen molar-refractivity contribution < 1.29 is 14.0 Å². The summed E-state index contributed by atoms with van der Waals surface area (Å²) in [5, 5.41) is 3.66. The van der Waals surface area contributed by atoms with Gasteiger partial charge in [0.2, 0.25) is 11.8 Å². The van der Waals surface area contributed by atoms with E-state index in [0.29, 0.717) is 22.8 Å². The van der Waals surface area contributed by atoms with Crippen LogP contribution < -0.4 is 5.32 Å². The molecule has 0 fully saturated rings. The number of nitrogens with one attached hydrogen (secondary N) is 1. The predicted molar refractivity (Wildman–Crippen MR) is 146 cm³/mol. The van der Waals surface area contributed by atoms with Crippen LogP contribution in [0.4, 0.5) is 4.39 Å². The van der Waals surface area contributed by atoms with Crippen molar-refractivity contribution in [1.29, 1.82) is 0 Å². The van der Waals surface area contributed by atoms with Crippen LogP contribution in [0.15, 0.2) is 78.9 Å². The molecule has 0 spiro atoms. The third-order valence-corrected chi connectivity index (χ3v) is 7.20. The van der Waals surface area contributed by atoms with Gasteiger partial charge in [-0.15, -0.1) is 11.8 Å². The van der Waals surface area contributed by atoms with Crippen LogP contribution in [0.25, 0.3) is 0 Å². The number of amides is 2. The monoisotopic (exact) mass is 526 g/mol. The SMILES string of the molecule is CC[C@H](C)NC(=O)[C@H](Cc1ccccc1)N(Cc1ccc(Cl)cc1)C(=O)CSCc1ccccc1F. The molecule has 0 bridgehead atoms. The first-order chi connectivity index (χ1) is 17.4. The Bertz CT molecular complexity index is 1130. The summed E-state index contributed by atoms with van der Waals surface area (Å²) < 4.78 is 14.1. The number of carbonyl (C=O) groups is 2. The Morgan fingerprint density at radius 2 is 1.64 bits per heavy atom. The Morgan fingerprint density at radius 3 is 2.31 bits per heavy atom. The first kappa shape index (κ1) is 27.8. The molecule has 0 aliphatic carbocycles. The summed E-state index contributed by atoms with van der Waals surface area (Å²) >= 11 is 7.40. The fourth-order valence-corrected chi connectivity index (χ4v) is 4.75. The highest BCUT2D eigenvalue weighted by Gasteiger charge is 2.30. The molecule has 0 aliphatic heterocycles. The summed E-state index contributed by atoms with van der Waals surface area (Å²) in [6.45, 7) is 4.22. The number of carbonyl (C=O) groups excluding carboxylic acids is 2. The van der Waals surface area contributed by atoms with Gasteiger partial charge >= 0.3 is 0 Å². The van der Waals surface area contributed by atoms with E-state index in [9.17, 15) is 14.0 Å². The van der Waals surface area contributed by atoms with Crippen molar-refractivity contribution in [2.75, 3.05) is 5.75 Å². The molecule has 3 aromatic rings. The molecule has 190 valence electrons. The van der Waals surface area contributed by atoms with Gasteiger partial charge in [0.15, 0.2) is 0 Å². The summed E-state index contributed by atoms with van der Waals surface area (Å²) in [6, 6.07) is 22.8. The summed E-state index contributed by atoms with van der Waals surface area (Å²) in [5.41, 5.74) is 2.39. The number of halogens is 2. The molecule has 0 aliphatic rings. The minimum atomic E-state index is -0.696. The fraction of sp³-hybridized carbons (Fsp3) is 0.310. The molecule has 7 heteroatoms. The summed E-state index contributed by atoms with van der Waals surface area (Å²) in [5.74, 6) is -0.147. The molecule has 0 aromatic heterocycles. The van der Waals surface area contributed by atoms with E-state index in [1.807, 2.05) is 56.3 Å². The van der Waals surface area contributed by atoms with Crippen molar-refractivity contribution in [3.8, 4) is 0 Å². The topological polar surface area (TPSA) is 49.4 Å². The molecule has 3 aromatic carbocycles.